The van der Waals surface area contributed by atoms with Gasteiger partial charge in [0.1, 0.15) is 17.3 Å². The van der Waals surface area contributed by atoms with E-state index in [9.17, 15) is 14.0 Å². The fraction of sp³-hybridized carbons (Fsp3) is 0.304. The van der Waals surface area contributed by atoms with Crippen LogP contribution in [0.5, 0.6) is 5.75 Å². The highest BCUT2D eigenvalue weighted by molar-refractivity contribution is 6.45. The van der Waals surface area contributed by atoms with Crippen molar-refractivity contribution in [3.8, 4) is 5.75 Å². The Kier molecular flexibility index (Phi) is 5.55. The number of rotatable bonds is 5. The summed E-state index contributed by atoms with van der Waals surface area (Å²) in [7, 11) is 1.58. The zero-order chi connectivity index (χ0) is 21.3. The van der Waals surface area contributed by atoms with Crippen LogP contribution in [-0.4, -0.2) is 61.4 Å². The van der Waals surface area contributed by atoms with Crippen molar-refractivity contribution in [2.45, 2.75) is 6.92 Å². The number of hydrogen-bond acceptors (Lipinski definition) is 5. The molecule has 1 saturated heterocycles. The molecule has 2 aromatic rings. The summed E-state index contributed by atoms with van der Waals surface area (Å²) in [6.07, 6.45) is 0. The second-order valence-corrected chi connectivity index (χ2v) is 7.30. The summed E-state index contributed by atoms with van der Waals surface area (Å²) in [6.45, 7) is 6.05. The molecule has 2 aliphatic rings. The molecule has 2 amide bonds. The van der Waals surface area contributed by atoms with Crippen LogP contribution in [0, 0.1) is 5.82 Å². The zero-order valence-corrected chi connectivity index (χ0v) is 17.1. The van der Waals surface area contributed by atoms with Crippen LogP contribution in [0.25, 0.3) is 5.57 Å². The van der Waals surface area contributed by atoms with Gasteiger partial charge in [0.25, 0.3) is 11.8 Å². The smallest absolute Gasteiger partial charge is 0.282 e. The molecule has 30 heavy (non-hydrogen) atoms. The van der Waals surface area contributed by atoms with E-state index in [0.717, 1.165) is 24.5 Å². The third-order valence-electron chi connectivity index (χ3n) is 5.66. The minimum atomic E-state index is -0.419. The topological polar surface area (TPSA) is 53.1 Å². The quantitative estimate of drug-likeness (QED) is 0.711. The van der Waals surface area contributed by atoms with Crippen LogP contribution in [0.3, 0.4) is 0 Å². The molecule has 7 heteroatoms. The molecule has 0 aromatic heterocycles. The number of amides is 2. The Bertz CT molecular complexity index is 978. The van der Waals surface area contributed by atoms with Crippen LogP contribution in [0.15, 0.2) is 54.2 Å². The molecular weight excluding hydrogens is 385 g/mol. The number of methoxy groups -OCH3 is 1. The van der Waals surface area contributed by atoms with Crippen LogP contribution >= 0.6 is 0 Å². The number of benzene rings is 2. The fourth-order valence-corrected chi connectivity index (χ4v) is 3.94. The van der Waals surface area contributed by atoms with E-state index in [1.54, 1.807) is 31.4 Å². The van der Waals surface area contributed by atoms with E-state index in [0.29, 0.717) is 41.4 Å². The number of ether oxygens (including phenoxy) is 1. The van der Waals surface area contributed by atoms with E-state index < -0.39 is 11.7 Å². The Hall–Kier alpha value is -3.19. The zero-order valence-electron chi connectivity index (χ0n) is 17.1. The van der Waals surface area contributed by atoms with Crippen molar-refractivity contribution < 1.29 is 18.7 Å². The third kappa shape index (κ3) is 3.57. The largest absolute Gasteiger partial charge is 0.497 e. The number of carbonyl (C=O) groups is 2. The fourth-order valence-electron chi connectivity index (χ4n) is 3.94. The van der Waals surface area contributed by atoms with E-state index in [1.165, 1.54) is 24.3 Å². The number of hydrogen-bond donors (Lipinski definition) is 0. The molecule has 0 unspecified atom stereocenters. The second-order valence-electron chi connectivity index (χ2n) is 7.30. The molecule has 2 aliphatic heterocycles. The first-order valence-electron chi connectivity index (χ1n) is 10.0. The van der Waals surface area contributed by atoms with Crippen molar-refractivity contribution in [1.82, 2.24) is 9.80 Å². The van der Waals surface area contributed by atoms with Crippen molar-refractivity contribution in [2.24, 2.45) is 0 Å². The van der Waals surface area contributed by atoms with Crippen molar-refractivity contribution >= 4 is 23.1 Å². The summed E-state index contributed by atoms with van der Waals surface area (Å²) in [4.78, 5) is 32.3. The molecule has 0 N–H and O–H groups in total. The number of carbonyl (C=O) groups excluding carboxylic acids is 2. The van der Waals surface area contributed by atoms with Crippen LogP contribution in [-0.2, 0) is 9.59 Å². The average Bonchev–Trinajstić information content (AvgIpc) is 3.04. The summed E-state index contributed by atoms with van der Waals surface area (Å²) in [5, 5.41) is 0. The average molecular weight is 409 g/mol. The van der Waals surface area contributed by atoms with Crippen molar-refractivity contribution in [3.05, 3.63) is 65.6 Å². The predicted octanol–water partition coefficient (Wildman–Crippen LogP) is 2.76. The number of halogens is 1. The second kappa shape index (κ2) is 8.28. The van der Waals surface area contributed by atoms with Crippen LogP contribution < -0.4 is 9.64 Å². The summed E-state index contributed by atoms with van der Waals surface area (Å²) < 4.78 is 18.6. The maximum atomic E-state index is 13.4. The van der Waals surface area contributed by atoms with Gasteiger partial charge in [-0.2, -0.15) is 0 Å². The predicted molar refractivity (Wildman–Crippen MR) is 112 cm³/mol. The van der Waals surface area contributed by atoms with Crippen molar-refractivity contribution in [2.75, 3.05) is 44.7 Å². The Morgan fingerprint density at radius 2 is 1.53 bits per heavy atom. The molecular formula is C23H24FN3O3. The van der Waals surface area contributed by atoms with Gasteiger partial charge in [-0.3, -0.25) is 9.59 Å². The highest BCUT2D eigenvalue weighted by Crippen LogP contribution is 2.35. The van der Waals surface area contributed by atoms with Gasteiger partial charge in [-0.15, -0.1) is 0 Å². The molecule has 0 aliphatic carbocycles. The lowest BCUT2D eigenvalue weighted by Gasteiger charge is -2.36. The first-order valence-corrected chi connectivity index (χ1v) is 10.0. The van der Waals surface area contributed by atoms with Crippen molar-refractivity contribution in [3.63, 3.8) is 0 Å². The maximum Gasteiger partial charge on any atom is 0.282 e. The van der Waals surface area contributed by atoms with Gasteiger partial charge in [-0.25, -0.2) is 9.29 Å². The summed E-state index contributed by atoms with van der Waals surface area (Å²) in [5.74, 6) is -0.520. The van der Waals surface area contributed by atoms with Gasteiger partial charge in [0.05, 0.1) is 18.4 Å². The molecule has 6 nitrogen and oxygen atoms in total. The van der Waals surface area contributed by atoms with E-state index in [2.05, 4.69) is 11.8 Å². The summed E-state index contributed by atoms with van der Waals surface area (Å²) in [6, 6.07) is 12.5. The lowest BCUT2D eigenvalue weighted by Crippen LogP contribution is -2.47. The van der Waals surface area contributed by atoms with Gasteiger partial charge < -0.3 is 14.5 Å². The number of anilines is 1. The Morgan fingerprint density at radius 3 is 2.10 bits per heavy atom. The van der Waals surface area contributed by atoms with Gasteiger partial charge in [0.15, 0.2) is 0 Å². The van der Waals surface area contributed by atoms with Gasteiger partial charge >= 0.3 is 0 Å². The van der Waals surface area contributed by atoms with Gasteiger partial charge in [-0.1, -0.05) is 19.1 Å². The SMILES string of the molecule is CCN1CCN(C2=C(c3ccc(OC)cc3)C(=O)N(c3ccc(F)cc3)C2=O)CC1. The third-order valence-corrected chi connectivity index (χ3v) is 5.66. The standard InChI is InChI=1S/C23H24FN3O3/c1-3-25-12-14-26(15-13-25)21-20(16-4-10-19(30-2)11-5-16)22(28)27(23(21)29)18-8-6-17(24)7-9-18/h4-11H,3,12-15H2,1-2H3. The van der Waals surface area contributed by atoms with Crippen molar-refractivity contribution in [1.29, 1.82) is 0 Å². The molecule has 0 radical (unpaired) electrons. The lowest BCUT2D eigenvalue weighted by atomic mass is 10.0. The van der Waals surface area contributed by atoms with Gasteiger partial charge in [-0.05, 0) is 48.5 Å². The first-order chi connectivity index (χ1) is 14.5. The minimum Gasteiger partial charge on any atom is -0.497 e. The van der Waals surface area contributed by atoms with Crippen LogP contribution in [0.1, 0.15) is 12.5 Å². The molecule has 156 valence electrons. The molecule has 0 saturated carbocycles. The number of likely N-dealkylation sites (N-methyl/N-ethyl adjacent to an activating group) is 1. The Balaban J connectivity index is 1.76. The maximum absolute atomic E-state index is 13.4. The van der Waals surface area contributed by atoms with E-state index in [4.69, 9.17) is 4.74 Å². The molecule has 2 heterocycles. The number of piperazine rings is 1. The molecule has 1 fully saturated rings. The molecule has 2 aromatic carbocycles. The number of nitrogens with zero attached hydrogens (tertiary/aromatic N) is 3. The lowest BCUT2D eigenvalue weighted by molar-refractivity contribution is -0.120. The molecule has 0 spiro atoms. The normalized spacial score (nSPS) is 17.8. The Labute approximate surface area is 175 Å². The molecule has 0 atom stereocenters. The number of imide groups is 1. The highest BCUT2D eigenvalue weighted by Gasteiger charge is 2.43. The van der Waals surface area contributed by atoms with Crippen LogP contribution in [0.2, 0.25) is 0 Å². The van der Waals surface area contributed by atoms with E-state index in [1.807, 2.05) is 4.90 Å². The first kappa shape index (κ1) is 20.1. The summed E-state index contributed by atoms with van der Waals surface area (Å²) >= 11 is 0. The molecule has 4 rings (SSSR count). The van der Waals surface area contributed by atoms with E-state index >= 15 is 0 Å². The monoisotopic (exact) mass is 409 g/mol. The highest BCUT2D eigenvalue weighted by atomic mass is 19.1. The molecule has 0 bridgehead atoms. The van der Waals surface area contributed by atoms with Gasteiger partial charge in [0, 0.05) is 26.2 Å². The van der Waals surface area contributed by atoms with Crippen LogP contribution in [0.4, 0.5) is 10.1 Å². The minimum absolute atomic E-state index is 0.361. The van der Waals surface area contributed by atoms with Gasteiger partial charge in [0.2, 0.25) is 0 Å². The Morgan fingerprint density at radius 1 is 0.900 bits per heavy atom. The summed E-state index contributed by atoms with van der Waals surface area (Å²) in [5.41, 5.74) is 1.80. The van der Waals surface area contributed by atoms with E-state index in [-0.39, 0.29) is 5.91 Å².